The molecule has 0 spiro atoms. The van der Waals surface area contributed by atoms with Crippen LogP contribution in [0, 0.1) is 5.92 Å². The molecule has 2 aliphatic heterocycles. The normalized spacial score (nSPS) is 27.1. The van der Waals surface area contributed by atoms with Gasteiger partial charge in [-0.05, 0) is 12.3 Å². The molecule has 0 radical (unpaired) electrons. The number of nitrogens with one attached hydrogen (secondary N) is 2. The summed E-state index contributed by atoms with van der Waals surface area (Å²) in [4.78, 5) is 35.1. The second kappa shape index (κ2) is 5.24. The maximum absolute atomic E-state index is 11.9. The van der Waals surface area contributed by atoms with E-state index in [1.807, 2.05) is 0 Å². The number of rotatable bonds is 3. The highest BCUT2D eigenvalue weighted by atomic mass is 16.4. The molecule has 0 aromatic carbocycles. The molecule has 18 heavy (non-hydrogen) atoms. The molecule has 2 fully saturated rings. The maximum atomic E-state index is 11.9. The molecule has 3 amide bonds. The molecule has 2 atom stereocenters. The SMILES string of the molecule is O=C(O)CC1CCN(C(=O)NC2CNC(=O)C2)C1. The second-order valence-corrected chi connectivity index (χ2v) is 4.85. The molecule has 7 nitrogen and oxygen atoms in total. The predicted octanol–water partition coefficient (Wildman–Crippen LogP) is -0.619. The minimum Gasteiger partial charge on any atom is -0.481 e. The van der Waals surface area contributed by atoms with Gasteiger partial charge in [-0.1, -0.05) is 0 Å². The fraction of sp³-hybridized carbons (Fsp3) is 0.727. The van der Waals surface area contributed by atoms with Gasteiger partial charge in [0.05, 0.1) is 6.04 Å². The number of carboxylic acids is 1. The van der Waals surface area contributed by atoms with Crippen LogP contribution >= 0.6 is 0 Å². The molecule has 2 rings (SSSR count). The Morgan fingerprint density at radius 2 is 2.28 bits per heavy atom. The van der Waals surface area contributed by atoms with E-state index in [0.717, 1.165) is 6.42 Å². The Hall–Kier alpha value is -1.79. The largest absolute Gasteiger partial charge is 0.481 e. The molecule has 7 heteroatoms. The molecular formula is C11H17N3O4. The van der Waals surface area contributed by atoms with Gasteiger partial charge in [0.25, 0.3) is 0 Å². The average molecular weight is 255 g/mol. The summed E-state index contributed by atoms with van der Waals surface area (Å²) < 4.78 is 0. The third-order valence-corrected chi connectivity index (χ3v) is 3.34. The van der Waals surface area contributed by atoms with Crippen LogP contribution in [0.3, 0.4) is 0 Å². The van der Waals surface area contributed by atoms with Crippen LogP contribution in [0.5, 0.6) is 0 Å². The van der Waals surface area contributed by atoms with Gasteiger partial charge in [-0.3, -0.25) is 9.59 Å². The quantitative estimate of drug-likeness (QED) is 0.626. The lowest BCUT2D eigenvalue weighted by Crippen LogP contribution is -2.44. The molecule has 3 N–H and O–H groups in total. The average Bonchev–Trinajstić information content (AvgIpc) is 2.87. The molecule has 2 heterocycles. The van der Waals surface area contributed by atoms with E-state index in [9.17, 15) is 14.4 Å². The molecule has 2 saturated heterocycles. The zero-order valence-electron chi connectivity index (χ0n) is 10.0. The lowest BCUT2D eigenvalue weighted by atomic mass is 10.1. The summed E-state index contributed by atoms with van der Waals surface area (Å²) in [5.74, 6) is -0.838. The number of likely N-dealkylation sites (tertiary alicyclic amines) is 1. The molecule has 0 aromatic heterocycles. The van der Waals surface area contributed by atoms with Crippen LogP contribution in [0.1, 0.15) is 19.3 Å². The molecule has 0 saturated carbocycles. The molecule has 2 aliphatic rings. The number of amides is 3. The molecule has 0 aliphatic carbocycles. The van der Waals surface area contributed by atoms with E-state index in [0.29, 0.717) is 26.1 Å². The van der Waals surface area contributed by atoms with Crippen LogP contribution in [0.25, 0.3) is 0 Å². The van der Waals surface area contributed by atoms with Crippen molar-refractivity contribution in [3.8, 4) is 0 Å². The summed E-state index contributed by atoms with van der Waals surface area (Å²) in [7, 11) is 0. The zero-order valence-corrected chi connectivity index (χ0v) is 10.0. The third kappa shape index (κ3) is 3.12. The van der Waals surface area contributed by atoms with Crippen molar-refractivity contribution in [2.24, 2.45) is 5.92 Å². The number of carbonyl (C=O) groups excluding carboxylic acids is 2. The number of nitrogens with zero attached hydrogens (tertiary/aromatic N) is 1. The Labute approximate surface area is 105 Å². The summed E-state index contributed by atoms with van der Waals surface area (Å²) in [6.07, 6.45) is 1.15. The molecular weight excluding hydrogens is 238 g/mol. The van der Waals surface area contributed by atoms with Gasteiger partial charge in [0.2, 0.25) is 5.91 Å². The highest BCUT2D eigenvalue weighted by molar-refractivity contribution is 5.81. The Bertz CT molecular complexity index is 371. The van der Waals surface area contributed by atoms with Crippen LogP contribution in [-0.2, 0) is 9.59 Å². The Kier molecular flexibility index (Phi) is 3.69. The van der Waals surface area contributed by atoms with Crippen molar-refractivity contribution < 1.29 is 19.5 Å². The number of hydrogen-bond acceptors (Lipinski definition) is 3. The van der Waals surface area contributed by atoms with Gasteiger partial charge in [-0.2, -0.15) is 0 Å². The topological polar surface area (TPSA) is 98.7 Å². The van der Waals surface area contributed by atoms with Crippen LogP contribution in [0.4, 0.5) is 4.79 Å². The van der Waals surface area contributed by atoms with Gasteiger partial charge in [0.1, 0.15) is 0 Å². The number of hydrogen-bond donors (Lipinski definition) is 3. The van der Waals surface area contributed by atoms with E-state index in [-0.39, 0.29) is 30.3 Å². The van der Waals surface area contributed by atoms with Gasteiger partial charge in [0, 0.05) is 32.5 Å². The lowest BCUT2D eigenvalue weighted by molar-refractivity contribution is -0.138. The van der Waals surface area contributed by atoms with Crippen molar-refractivity contribution in [2.45, 2.75) is 25.3 Å². The third-order valence-electron chi connectivity index (χ3n) is 3.34. The van der Waals surface area contributed by atoms with Crippen LogP contribution in [-0.4, -0.2) is 53.6 Å². The van der Waals surface area contributed by atoms with Crippen molar-refractivity contribution in [1.82, 2.24) is 15.5 Å². The first-order chi connectivity index (χ1) is 8.54. The highest BCUT2D eigenvalue weighted by Crippen LogP contribution is 2.19. The summed E-state index contributed by atoms with van der Waals surface area (Å²) >= 11 is 0. The molecule has 0 bridgehead atoms. The standard InChI is InChI=1S/C11H17N3O4/c15-9-4-8(5-12-9)13-11(18)14-2-1-7(6-14)3-10(16)17/h7-8H,1-6H2,(H,12,15)(H,13,18)(H,16,17). The van der Waals surface area contributed by atoms with Crippen LogP contribution in [0.2, 0.25) is 0 Å². The summed E-state index contributed by atoms with van der Waals surface area (Å²) in [5, 5.41) is 14.1. The second-order valence-electron chi connectivity index (χ2n) is 4.85. The first-order valence-electron chi connectivity index (χ1n) is 6.08. The van der Waals surface area contributed by atoms with E-state index in [2.05, 4.69) is 10.6 Å². The van der Waals surface area contributed by atoms with Crippen molar-refractivity contribution >= 4 is 17.9 Å². The van der Waals surface area contributed by atoms with Gasteiger partial charge in [-0.25, -0.2) is 4.79 Å². The van der Waals surface area contributed by atoms with Gasteiger partial charge in [0.15, 0.2) is 0 Å². The maximum Gasteiger partial charge on any atom is 0.317 e. The van der Waals surface area contributed by atoms with E-state index in [4.69, 9.17) is 5.11 Å². The fourth-order valence-electron chi connectivity index (χ4n) is 2.40. The van der Waals surface area contributed by atoms with Crippen molar-refractivity contribution in [3.63, 3.8) is 0 Å². The van der Waals surface area contributed by atoms with Crippen molar-refractivity contribution in [3.05, 3.63) is 0 Å². The predicted molar refractivity (Wildman–Crippen MR) is 61.9 cm³/mol. The molecule has 100 valence electrons. The smallest absolute Gasteiger partial charge is 0.317 e. The van der Waals surface area contributed by atoms with Crippen molar-refractivity contribution in [2.75, 3.05) is 19.6 Å². The first kappa shape index (κ1) is 12.7. The number of carbonyl (C=O) groups is 3. The monoisotopic (exact) mass is 255 g/mol. The van der Waals surface area contributed by atoms with Gasteiger partial charge in [-0.15, -0.1) is 0 Å². The summed E-state index contributed by atoms with van der Waals surface area (Å²) in [6.45, 7) is 1.53. The fourth-order valence-corrected chi connectivity index (χ4v) is 2.40. The Morgan fingerprint density at radius 1 is 1.50 bits per heavy atom. The van der Waals surface area contributed by atoms with E-state index >= 15 is 0 Å². The van der Waals surface area contributed by atoms with E-state index < -0.39 is 5.97 Å². The van der Waals surface area contributed by atoms with Crippen LogP contribution < -0.4 is 10.6 Å². The number of carboxylic acid groups (broad SMARTS) is 1. The Balaban J connectivity index is 1.77. The molecule has 0 aromatic rings. The number of aliphatic carboxylic acids is 1. The minimum atomic E-state index is -0.826. The summed E-state index contributed by atoms with van der Waals surface area (Å²) in [6, 6.07) is -0.354. The zero-order chi connectivity index (χ0) is 13.1. The highest BCUT2D eigenvalue weighted by Gasteiger charge is 2.30. The van der Waals surface area contributed by atoms with Gasteiger partial charge < -0.3 is 20.6 Å². The summed E-state index contributed by atoms with van der Waals surface area (Å²) in [5.41, 5.74) is 0. The van der Waals surface area contributed by atoms with Gasteiger partial charge >= 0.3 is 12.0 Å². The first-order valence-corrected chi connectivity index (χ1v) is 6.08. The Morgan fingerprint density at radius 3 is 2.89 bits per heavy atom. The number of urea groups is 1. The van der Waals surface area contributed by atoms with Crippen LogP contribution in [0.15, 0.2) is 0 Å². The molecule has 2 unspecified atom stereocenters. The van der Waals surface area contributed by atoms with E-state index in [1.54, 1.807) is 4.90 Å². The lowest BCUT2D eigenvalue weighted by Gasteiger charge is -2.19. The van der Waals surface area contributed by atoms with E-state index in [1.165, 1.54) is 0 Å². The minimum absolute atomic E-state index is 0.0385. The van der Waals surface area contributed by atoms with Crippen molar-refractivity contribution in [1.29, 1.82) is 0 Å².